The summed E-state index contributed by atoms with van der Waals surface area (Å²) in [6.45, 7) is 2.01. The summed E-state index contributed by atoms with van der Waals surface area (Å²) in [5, 5.41) is 8.38. The first kappa shape index (κ1) is 14.3. The number of fused-ring (bicyclic) bond motifs is 2. The van der Waals surface area contributed by atoms with Gasteiger partial charge < -0.3 is 16.3 Å². The van der Waals surface area contributed by atoms with Crippen molar-refractivity contribution in [2.45, 2.75) is 12.8 Å². The molecule has 0 amide bonds. The lowest BCUT2D eigenvalue weighted by Gasteiger charge is -2.28. The first-order valence-electron chi connectivity index (χ1n) is 7.59. The molecule has 24 heavy (non-hydrogen) atoms. The first-order chi connectivity index (χ1) is 11.5. The van der Waals surface area contributed by atoms with E-state index in [0.29, 0.717) is 17.1 Å². The molecular weight excluding hydrogens is 302 g/mol. The van der Waals surface area contributed by atoms with E-state index in [4.69, 9.17) is 21.7 Å². The third kappa shape index (κ3) is 2.11. The largest absolute Gasteiger partial charge is 0.438 e. The van der Waals surface area contributed by atoms with Gasteiger partial charge in [-0.3, -0.25) is 5.41 Å². The number of rotatable bonds is 1. The average Bonchev–Trinajstić information content (AvgIpc) is 2.56. The summed E-state index contributed by atoms with van der Waals surface area (Å²) >= 11 is 0. The number of ether oxygens (including phenoxy) is 1. The molecule has 3 aromatic rings. The molecule has 2 heterocycles. The van der Waals surface area contributed by atoms with Gasteiger partial charge in [0, 0.05) is 17.2 Å². The van der Waals surface area contributed by atoms with Crippen molar-refractivity contribution in [3.05, 3.63) is 76.5 Å². The molecule has 2 aromatic carbocycles. The number of hydrogen-bond donors (Lipinski definition) is 3. The summed E-state index contributed by atoms with van der Waals surface area (Å²) < 4.78 is 7.14. The van der Waals surface area contributed by atoms with Crippen molar-refractivity contribution in [3.8, 4) is 11.6 Å². The van der Waals surface area contributed by atoms with E-state index in [1.165, 1.54) is 11.0 Å². The molecule has 1 aliphatic rings. The lowest BCUT2D eigenvalue weighted by molar-refractivity contribution is 0.425. The molecule has 4 rings (SSSR count). The fourth-order valence-corrected chi connectivity index (χ4v) is 3.14. The van der Waals surface area contributed by atoms with Crippen LogP contribution in [0.15, 0.2) is 48.8 Å². The van der Waals surface area contributed by atoms with Crippen molar-refractivity contribution < 1.29 is 4.74 Å². The van der Waals surface area contributed by atoms with Gasteiger partial charge in [-0.2, -0.15) is 0 Å². The van der Waals surface area contributed by atoms with Gasteiger partial charge in [-0.05, 0) is 36.2 Å². The standard InChI is InChI=1S/C18H17N5O/c1-10-5-6-13-14(7-10)24-18-16(17(20)23(21)9-22-18)15(13)11-3-2-4-12(19)8-11/h2-9,15,20H,19,21H2,1H3. The number of nitrogens with two attached hydrogens (primary N) is 2. The van der Waals surface area contributed by atoms with E-state index in [-0.39, 0.29) is 11.4 Å². The van der Waals surface area contributed by atoms with E-state index < -0.39 is 0 Å². The Kier molecular flexibility index (Phi) is 3.06. The van der Waals surface area contributed by atoms with Gasteiger partial charge in [0.2, 0.25) is 5.88 Å². The molecule has 0 saturated carbocycles. The van der Waals surface area contributed by atoms with E-state index in [1.807, 2.05) is 49.4 Å². The number of nitrogens with one attached hydrogen (secondary N) is 1. The molecule has 6 nitrogen and oxygen atoms in total. The van der Waals surface area contributed by atoms with Crippen LogP contribution in [0.3, 0.4) is 0 Å². The van der Waals surface area contributed by atoms with E-state index in [2.05, 4.69) is 4.98 Å². The summed E-state index contributed by atoms with van der Waals surface area (Å²) in [6.07, 6.45) is 1.39. The SMILES string of the molecule is Cc1ccc2c(c1)Oc1ncn(N)c(=N)c1C2c1cccc(N)c1. The second-order valence-electron chi connectivity index (χ2n) is 5.97. The van der Waals surface area contributed by atoms with Crippen molar-refractivity contribution in [2.24, 2.45) is 0 Å². The van der Waals surface area contributed by atoms with E-state index in [0.717, 1.165) is 22.4 Å². The molecule has 1 atom stereocenters. The van der Waals surface area contributed by atoms with E-state index in [9.17, 15) is 0 Å². The van der Waals surface area contributed by atoms with Gasteiger partial charge in [0.05, 0.1) is 5.56 Å². The van der Waals surface area contributed by atoms with E-state index >= 15 is 0 Å². The summed E-state index contributed by atoms with van der Waals surface area (Å²) in [5.41, 5.74) is 10.5. The van der Waals surface area contributed by atoms with Crippen LogP contribution in [-0.2, 0) is 0 Å². The second-order valence-corrected chi connectivity index (χ2v) is 5.97. The summed E-state index contributed by atoms with van der Waals surface area (Å²) in [5.74, 6) is 6.80. The van der Waals surface area contributed by atoms with Crippen molar-refractivity contribution in [1.29, 1.82) is 5.41 Å². The molecule has 1 aromatic heterocycles. The molecule has 0 bridgehead atoms. The van der Waals surface area contributed by atoms with Crippen molar-refractivity contribution in [3.63, 3.8) is 0 Å². The maximum atomic E-state index is 8.38. The van der Waals surface area contributed by atoms with Gasteiger partial charge in [-0.1, -0.05) is 24.3 Å². The fourth-order valence-electron chi connectivity index (χ4n) is 3.14. The lowest BCUT2D eigenvalue weighted by Crippen LogP contribution is -2.33. The summed E-state index contributed by atoms with van der Waals surface area (Å²) in [7, 11) is 0. The van der Waals surface area contributed by atoms with Crippen molar-refractivity contribution in [2.75, 3.05) is 11.6 Å². The highest BCUT2D eigenvalue weighted by Gasteiger charge is 2.31. The van der Waals surface area contributed by atoms with Crippen molar-refractivity contribution in [1.82, 2.24) is 9.66 Å². The quantitative estimate of drug-likeness (QED) is 0.370. The molecule has 0 fully saturated rings. The monoisotopic (exact) mass is 319 g/mol. The number of hydrogen-bond acceptors (Lipinski definition) is 5. The van der Waals surface area contributed by atoms with Crippen LogP contribution in [0.5, 0.6) is 11.6 Å². The highest BCUT2D eigenvalue weighted by atomic mass is 16.5. The fraction of sp³-hybridized carbons (Fsp3) is 0.111. The number of aryl methyl sites for hydroxylation is 1. The van der Waals surface area contributed by atoms with Gasteiger partial charge in [-0.25, -0.2) is 9.66 Å². The van der Waals surface area contributed by atoms with Gasteiger partial charge in [-0.15, -0.1) is 0 Å². The first-order valence-corrected chi connectivity index (χ1v) is 7.59. The smallest absolute Gasteiger partial charge is 0.228 e. The molecular formula is C18H17N5O. The van der Waals surface area contributed by atoms with Crippen LogP contribution in [0.1, 0.15) is 28.2 Å². The number of aromatic nitrogens is 2. The number of anilines is 1. The number of nitrogen functional groups attached to an aromatic ring is 2. The summed E-state index contributed by atoms with van der Waals surface area (Å²) in [4.78, 5) is 4.27. The molecule has 1 aliphatic heterocycles. The van der Waals surface area contributed by atoms with Gasteiger partial charge in [0.15, 0.2) is 5.49 Å². The zero-order valence-corrected chi connectivity index (χ0v) is 13.2. The Labute approximate surface area is 138 Å². The van der Waals surface area contributed by atoms with E-state index in [1.54, 1.807) is 0 Å². The van der Waals surface area contributed by atoms with Crippen molar-refractivity contribution >= 4 is 5.69 Å². The second kappa shape index (κ2) is 5.13. The Hall–Kier alpha value is -3.28. The number of nitrogens with zero attached hydrogens (tertiary/aromatic N) is 2. The van der Waals surface area contributed by atoms with Crippen LogP contribution in [0, 0.1) is 12.3 Å². The zero-order valence-electron chi connectivity index (χ0n) is 13.2. The topological polar surface area (TPSA) is 103 Å². The molecule has 0 spiro atoms. The maximum Gasteiger partial charge on any atom is 0.228 e. The zero-order chi connectivity index (χ0) is 16.8. The predicted octanol–water partition coefficient (Wildman–Crippen LogP) is 2.25. The third-order valence-electron chi connectivity index (χ3n) is 4.26. The lowest BCUT2D eigenvalue weighted by atomic mass is 9.83. The Morgan fingerprint density at radius 1 is 1.21 bits per heavy atom. The molecule has 0 radical (unpaired) electrons. The predicted molar refractivity (Wildman–Crippen MR) is 91.3 cm³/mol. The normalized spacial score (nSPS) is 15.3. The molecule has 0 aliphatic carbocycles. The van der Waals surface area contributed by atoms with Crippen LogP contribution in [0.4, 0.5) is 5.69 Å². The molecule has 0 saturated heterocycles. The Morgan fingerprint density at radius 3 is 2.83 bits per heavy atom. The van der Waals surface area contributed by atoms with Gasteiger partial charge >= 0.3 is 0 Å². The maximum absolute atomic E-state index is 8.38. The minimum atomic E-state index is -0.205. The molecule has 6 heteroatoms. The number of benzene rings is 2. The third-order valence-corrected chi connectivity index (χ3v) is 4.26. The van der Waals surface area contributed by atoms with Crippen LogP contribution in [0.2, 0.25) is 0 Å². The average molecular weight is 319 g/mol. The minimum absolute atomic E-state index is 0.165. The van der Waals surface area contributed by atoms with Gasteiger partial charge in [0.25, 0.3) is 0 Å². The van der Waals surface area contributed by atoms with Crippen LogP contribution < -0.4 is 21.8 Å². The molecule has 5 N–H and O–H groups in total. The molecule has 120 valence electrons. The van der Waals surface area contributed by atoms with Crippen LogP contribution >= 0.6 is 0 Å². The Morgan fingerprint density at radius 2 is 2.04 bits per heavy atom. The highest BCUT2D eigenvalue weighted by Crippen LogP contribution is 2.45. The van der Waals surface area contributed by atoms with Crippen LogP contribution in [-0.4, -0.2) is 9.66 Å². The van der Waals surface area contributed by atoms with Crippen LogP contribution in [0.25, 0.3) is 0 Å². The highest BCUT2D eigenvalue weighted by molar-refractivity contribution is 5.58. The molecule has 1 unspecified atom stereocenters. The summed E-state index contributed by atoms with van der Waals surface area (Å²) in [6, 6.07) is 13.7. The van der Waals surface area contributed by atoms with Gasteiger partial charge in [0.1, 0.15) is 12.1 Å². The minimum Gasteiger partial charge on any atom is -0.438 e. The Balaban J connectivity index is 2.04. The Bertz CT molecular complexity index is 1010.